The van der Waals surface area contributed by atoms with Crippen LogP contribution in [0, 0.1) is 5.92 Å². The number of hydrogen-bond donors (Lipinski definition) is 0. The Kier molecular flexibility index (Phi) is 5.90. The Morgan fingerprint density at radius 1 is 1.43 bits per heavy atom. The molecule has 0 aromatic carbocycles. The van der Waals surface area contributed by atoms with E-state index in [1.54, 1.807) is 18.4 Å². The van der Waals surface area contributed by atoms with Crippen molar-refractivity contribution in [3.63, 3.8) is 0 Å². The van der Waals surface area contributed by atoms with Crippen molar-refractivity contribution in [2.45, 2.75) is 13.8 Å². The average molecular weight is 324 g/mol. The zero-order chi connectivity index (χ0) is 15.2. The van der Waals surface area contributed by atoms with Crippen LogP contribution in [0.4, 0.5) is 0 Å². The molecule has 0 N–H and O–H groups in total. The molecule has 114 valence electrons. The van der Waals surface area contributed by atoms with E-state index in [4.69, 9.17) is 4.74 Å². The van der Waals surface area contributed by atoms with Crippen LogP contribution in [-0.4, -0.2) is 42.6 Å². The van der Waals surface area contributed by atoms with Crippen molar-refractivity contribution < 1.29 is 9.53 Å². The molecular formula is C15H20N2O2S2. The van der Waals surface area contributed by atoms with Crippen LogP contribution < -0.4 is 0 Å². The van der Waals surface area contributed by atoms with Gasteiger partial charge in [-0.25, -0.2) is 4.98 Å². The molecule has 0 unspecified atom stereocenters. The summed E-state index contributed by atoms with van der Waals surface area (Å²) < 4.78 is 5.09. The number of hydrogen-bond acceptors (Lipinski definition) is 5. The summed E-state index contributed by atoms with van der Waals surface area (Å²) in [5.74, 6) is 0.404. The molecule has 0 fully saturated rings. The van der Waals surface area contributed by atoms with Crippen LogP contribution in [0.3, 0.4) is 0 Å². The highest BCUT2D eigenvalue weighted by molar-refractivity contribution is 7.20. The lowest BCUT2D eigenvalue weighted by Crippen LogP contribution is -2.36. The number of ether oxygens (including phenoxy) is 1. The van der Waals surface area contributed by atoms with E-state index >= 15 is 0 Å². The second kappa shape index (κ2) is 7.68. The molecule has 0 bridgehead atoms. The zero-order valence-corrected chi connectivity index (χ0v) is 14.2. The number of carbonyl (C=O) groups excluding carboxylic acids is 1. The summed E-state index contributed by atoms with van der Waals surface area (Å²) in [6, 6.07) is 4.01. The number of methoxy groups -OCH3 is 1. The summed E-state index contributed by atoms with van der Waals surface area (Å²) in [5.41, 5.74) is 0.528. The molecule has 0 aliphatic carbocycles. The van der Waals surface area contributed by atoms with E-state index in [1.165, 1.54) is 11.3 Å². The van der Waals surface area contributed by atoms with E-state index < -0.39 is 0 Å². The average Bonchev–Trinajstić information content (AvgIpc) is 3.11. The van der Waals surface area contributed by atoms with Crippen LogP contribution in [0.15, 0.2) is 22.9 Å². The first kappa shape index (κ1) is 16.1. The smallest absolute Gasteiger partial charge is 0.273 e. The molecule has 2 heterocycles. The third kappa shape index (κ3) is 4.36. The Bertz CT molecular complexity index is 564. The highest BCUT2D eigenvalue weighted by Crippen LogP contribution is 2.28. The van der Waals surface area contributed by atoms with Crippen molar-refractivity contribution in [3.05, 3.63) is 28.6 Å². The topological polar surface area (TPSA) is 42.4 Å². The second-order valence-corrected chi connectivity index (χ2v) is 6.96. The van der Waals surface area contributed by atoms with Gasteiger partial charge in [-0.2, -0.15) is 0 Å². The number of thiazole rings is 1. The van der Waals surface area contributed by atoms with Gasteiger partial charge in [0, 0.05) is 25.6 Å². The molecule has 2 rings (SSSR count). The zero-order valence-electron chi connectivity index (χ0n) is 12.5. The van der Waals surface area contributed by atoms with Gasteiger partial charge in [-0.05, 0) is 17.4 Å². The molecule has 2 aromatic rings. The Morgan fingerprint density at radius 2 is 2.24 bits per heavy atom. The van der Waals surface area contributed by atoms with Crippen LogP contribution in [-0.2, 0) is 4.74 Å². The molecule has 21 heavy (non-hydrogen) atoms. The summed E-state index contributed by atoms with van der Waals surface area (Å²) in [6.45, 7) is 6.06. The minimum absolute atomic E-state index is 0.0141. The lowest BCUT2D eigenvalue weighted by Gasteiger charge is -2.23. The number of rotatable bonds is 7. The Balaban J connectivity index is 2.12. The van der Waals surface area contributed by atoms with Crippen LogP contribution in [0.25, 0.3) is 9.88 Å². The van der Waals surface area contributed by atoms with E-state index in [0.29, 0.717) is 31.3 Å². The van der Waals surface area contributed by atoms with Gasteiger partial charge in [0.1, 0.15) is 10.7 Å². The second-order valence-electron chi connectivity index (χ2n) is 5.15. The van der Waals surface area contributed by atoms with Gasteiger partial charge in [0.15, 0.2) is 0 Å². The summed E-state index contributed by atoms with van der Waals surface area (Å²) in [5, 5.41) is 4.77. The van der Waals surface area contributed by atoms with E-state index in [-0.39, 0.29) is 5.91 Å². The van der Waals surface area contributed by atoms with Crippen molar-refractivity contribution in [3.8, 4) is 9.88 Å². The van der Waals surface area contributed by atoms with Crippen molar-refractivity contribution in [1.82, 2.24) is 9.88 Å². The first-order chi connectivity index (χ1) is 10.1. The standard InChI is InChI=1S/C15H20N2O2S2/c1-11(2)9-17(6-7-19-3)15(18)12-10-21-14(16-12)13-5-4-8-20-13/h4-5,8,10-11H,6-7,9H2,1-3H3. The van der Waals surface area contributed by atoms with Crippen molar-refractivity contribution >= 4 is 28.6 Å². The number of thiophene rings is 1. The quantitative estimate of drug-likeness (QED) is 0.781. The lowest BCUT2D eigenvalue weighted by molar-refractivity contribution is 0.0667. The third-order valence-corrected chi connectivity index (χ3v) is 4.77. The van der Waals surface area contributed by atoms with Crippen molar-refractivity contribution in [2.75, 3.05) is 26.8 Å². The fraction of sp³-hybridized carbons (Fsp3) is 0.467. The van der Waals surface area contributed by atoms with Crippen molar-refractivity contribution in [2.24, 2.45) is 5.92 Å². The van der Waals surface area contributed by atoms with Gasteiger partial charge >= 0.3 is 0 Å². The molecule has 0 aliphatic heterocycles. The largest absolute Gasteiger partial charge is 0.383 e. The van der Waals surface area contributed by atoms with E-state index in [2.05, 4.69) is 18.8 Å². The van der Waals surface area contributed by atoms with Crippen LogP contribution >= 0.6 is 22.7 Å². The molecule has 1 amide bonds. The molecule has 0 saturated carbocycles. The van der Waals surface area contributed by atoms with Crippen molar-refractivity contribution in [1.29, 1.82) is 0 Å². The Hall–Kier alpha value is -1.24. The molecule has 0 atom stereocenters. The van der Waals surface area contributed by atoms with E-state index in [0.717, 1.165) is 9.88 Å². The fourth-order valence-corrected chi connectivity index (χ4v) is 3.57. The molecule has 0 saturated heterocycles. The first-order valence-electron chi connectivity index (χ1n) is 6.89. The van der Waals surface area contributed by atoms with Gasteiger partial charge < -0.3 is 9.64 Å². The highest BCUT2D eigenvalue weighted by Gasteiger charge is 2.20. The molecule has 4 nitrogen and oxygen atoms in total. The predicted molar refractivity (Wildman–Crippen MR) is 88.0 cm³/mol. The van der Waals surface area contributed by atoms with Gasteiger partial charge in [-0.3, -0.25) is 4.79 Å². The predicted octanol–water partition coefficient (Wildman–Crippen LogP) is 3.62. The maximum atomic E-state index is 12.6. The highest BCUT2D eigenvalue weighted by atomic mass is 32.1. The van der Waals surface area contributed by atoms with Gasteiger partial charge in [0.25, 0.3) is 5.91 Å². The number of nitrogens with zero attached hydrogens (tertiary/aromatic N) is 2. The number of amides is 1. The first-order valence-corrected chi connectivity index (χ1v) is 8.65. The van der Waals surface area contributed by atoms with Gasteiger partial charge in [0.2, 0.25) is 0 Å². The summed E-state index contributed by atoms with van der Waals surface area (Å²) in [4.78, 5) is 20.0. The summed E-state index contributed by atoms with van der Waals surface area (Å²) in [7, 11) is 1.65. The Labute approximate surface area is 133 Å². The SMILES string of the molecule is COCCN(CC(C)C)C(=O)c1csc(-c2cccs2)n1. The van der Waals surface area contributed by atoms with Gasteiger partial charge in [-0.15, -0.1) is 22.7 Å². The number of aromatic nitrogens is 1. The lowest BCUT2D eigenvalue weighted by atomic mass is 10.2. The van der Waals surface area contributed by atoms with Crippen LogP contribution in [0.5, 0.6) is 0 Å². The number of carbonyl (C=O) groups is 1. The summed E-state index contributed by atoms with van der Waals surface area (Å²) in [6.07, 6.45) is 0. The molecule has 6 heteroatoms. The molecular weight excluding hydrogens is 304 g/mol. The Morgan fingerprint density at radius 3 is 2.86 bits per heavy atom. The van der Waals surface area contributed by atoms with E-state index in [1.807, 2.05) is 27.8 Å². The van der Waals surface area contributed by atoms with Crippen LogP contribution in [0.1, 0.15) is 24.3 Å². The monoisotopic (exact) mass is 324 g/mol. The maximum absolute atomic E-state index is 12.6. The molecule has 0 aliphatic rings. The maximum Gasteiger partial charge on any atom is 0.273 e. The minimum Gasteiger partial charge on any atom is -0.383 e. The van der Waals surface area contributed by atoms with Crippen LogP contribution in [0.2, 0.25) is 0 Å². The fourth-order valence-electron chi connectivity index (χ4n) is 1.97. The van der Waals surface area contributed by atoms with Gasteiger partial charge in [0.05, 0.1) is 11.5 Å². The minimum atomic E-state index is -0.0141. The summed E-state index contributed by atoms with van der Waals surface area (Å²) >= 11 is 3.15. The third-order valence-electron chi connectivity index (χ3n) is 2.89. The molecule has 0 spiro atoms. The van der Waals surface area contributed by atoms with E-state index in [9.17, 15) is 4.79 Å². The van der Waals surface area contributed by atoms with Gasteiger partial charge in [-0.1, -0.05) is 19.9 Å². The molecule has 0 radical (unpaired) electrons. The normalized spacial score (nSPS) is 11.0. The molecule has 2 aromatic heterocycles.